The van der Waals surface area contributed by atoms with Crippen LogP contribution in [0.3, 0.4) is 0 Å². The predicted molar refractivity (Wildman–Crippen MR) is 127 cm³/mol. The summed E-state index contributed by atoms with van der Waals surface area (Å²) >= 11 is 12.8. The number of nitrogens with zero attached hydrogens (tertiary/aromatic N) is 1. The first-order valence-corrected chi connectivity index (χ1v) is 10.4. The van der Waals surface area contributed by atoms with E-state index in [9.17, 15) is 10.1 Å². The Morgan fingerprint density at radius 2 is 1.75 bits per heavy atom. The zero-order valence-electron chi connectivity index (χ0n) is 17.5. The monoisotopic (exact) mass is 466 g/mol. The third kappa shape index (κ3) is 5.61. The first-order chi connectivity index (χ1) is 15.4. The molecular weight excluding hydrogens is 447 g/mol. The first-order valence-electron chi connectivity index (χ1n) is 9.62. The summed E-state index contributed by atoms with van der Waals surface area (Å²) in [5, 5.41) is 13.3. The normalized spacial score (nSPS) is 10.9. The Labute approximate surface area is 196 Å². The second kappa shape index (κ2) is 10.7. The second-order valence-corrected chi connectivity index (χ2v) is 7.62. The number of halogens is 2. The molecule has 5 nitrogen and oxygen atoms in total. The minimum atomic E-state index is -0.534. The Hall–Kier alpha value is -3.46. The molecule has 0 spiro atoms. The van der Waals surface area contributed by atoms with Crippen molar-refractivity contribution in [3.63, 3.8) is 0 Å². The Morgan fingerprint density at radius 1 is 1.03 bits per heavy atom. The van der Waals surface area contributed by atoms with Crippen molar-refractivity contribution in [1.29, 1.82) is 5.26 Å². The van der Waals surface area contributed by atoms with Gasteiger partial charge in [0.1, 0.15) is 23.1 Å². The molecule has 0 fully saturated rings. The summed E-state index contributed by atoms with van der Waals surface area (Å²) in [6.07, 6.45) is 1.95. The van der Waals surface area contributed by atoms with Crippen molar-refractivity contribution < 1.29 is 14.3 Å². The van der Waals surface area contributed by atoms with Crippen LogP contribution in [0.5, 0.6) is 11.5 Å². The van der Waals surface area contributed by atoms with Crippen LogP contribution in [0.1, 0.15) is 16.7 Å². The van der Waals surface area contributed by atoms with E-state index in [2.05, 4.69) is 5.32 Å². The van der Waals surface area contributed by atoms with Gasteiger partial charge in [-0.2, -0.15) is 5.26 Å². The van der Waals surface area contributed by atoms with Crippen molar-refractivity contribution in [1.82, 2.24) is 0 Å². The van der Waals surface area contributed by atoms with Crippen LogP contribution in [0, 0.1) is 11.3 Å². The van der Waals surface area contributed by atoms with E-state index in [1.807, 2.05) is 30.3 Å². The molecule has 0 heterocycles. The van der Waals surface area contributed by atoms with Crippen molar-refractivity contribution in [2.45, 2.75) is 6.42 Å². The average molecular weight is 467 g/mol. The fraction of sp³-hybridized carbons (Fsp3) is 0.120. The van der Waals surface area contributed by atoms with E-state index in [-0.39, 0.29) is 5.57 Å². The Balaban J connectivity index is 1.87. The highest BCUT2D eigenvalue weighted by Crippen LogP contribution is 2.33. The molecule has 1 amide bonds. The Bertz CT molecular complexity index is 1200. The van der Waals surface area contributed by atoms with Crippen molar-refractivity contribution >= 4 is 40.9 Å². The summed E-state index contributed by atoms with van der Waals surface area (Å²) in [6, 6.07) is 19.7. The van der Waals surface area contributed by atoms with Gasteiger partial charge in [0.15, 0.2) is 0 Å². The van der Waals surface area contributed by atoms with Crippen molar-refractivity contribution in [3.05, 3.63) is 93.0 Å². The number of ether oxygens (including phenoxy) is 2. The molecule has 0 atom stereocenters. The summed E-state index contributed by atoms with van der Waals surface area (Å²) < 4.78 is 10.6. The van der Waals surface area contributed by atoms with Crippen LogP contribution >= 0.6 is 23.2 Å². The molecule has 1 N–H and O–H groups in total. The molecule has 0 radical (unpaired) electrons. The maximum Gasteiger partial charge on any atom is 0.266 e. The fourth-order valence-corrected chi connectivity index (χ4v) is 3.58. The molecule has 7 heteroatoms. The minimum Gasteiger partial charge on any atom is -0.497 e. The van der Waals surface area contributed by atoms with Gasteiger partial charge in [-0.3, -0.25) is 4.79 Å². The van der Waals surface area contributed by atoms with E-state index in [1.165, 1.54) is 13.2 Å². The van der Waals surface area contributed by atoms with Crippen LogP contribution in [0.15, 0.2) is 66.2 Å². The van der Waals surface area contributed by atoms with Gasteiger partial charge in [-0.25, -0.2) is 0 Å². The van der Waals surface area contributed by atoms with Gasteiger partial charge in [-0.05, 0) is 59.7 Å². The van der Waals surface area contributed by atoms with Crippen LogP contribution in [0.25, 0.3) is 6.08 Å². The first kappa shape index (κ1) is 23.2. The maximum atomic E-state index is 12.6. The summed E-state index contributed by atoms with van der Waals surface area (Å²) in [4.78, 5) is 12.6. The second-order valence-electron chi connectivity index (χ2n) is 6.80. The molecule has 3 rings (SSSR count). The van der Waals surface area contributed by atoms with Gasteiger partial charge in [0.25, 0.3) is 5.91 Å². The SMILES string of the molecule is COc1ccc(NC(=O)/C(C#N)=C/c2cc(Cl)c(Cc3ccccc3Cl)c(OC)c2)cc1. The standard InChI is InChI=1S/C25H20Cl2N2O3/c1-31-20-9-7-19(8-10-20)29-25(30)18(15-28)11-16-12-23(27)21(24(13-16)32-2)14-17-5-3-4-6-22(17)26/h3-13H,14H2,1-2H3,(H,29,30)/b18-11+. The fourth-order valence-electron chi connectivity index (χ4n) is 3.09. The van der Waals surface area contributed by atoms with Gasteiger partial charge in [-0.15, -0.1) is 0 Å². The third-order valence-corrected chi connectivity index (χ3v) is 5.45. The number of carbonyl (C=O) groups excluding carboxylic acids is 1. The molecule has 0 unspecified atom stereocenters. The number of amides is 1. The van der Waals surface area contributed by atoms with Gasteiger partial charge < -0.3 is 14.8 Å². The molecule has 0 aliphatic rings. The Morgan fingerprint density at radius 3 is 2.38 bits per heavy atom. The average Bonchev–Trinajstić information content (AvgIpc) is 2.80. The molecule has 0 aromatic heterocycles. The summed E-state index contributed by atoms with van der Waals surface area (Å²) in [6.45, 7) is 0. The smallest absolute Gasteiger partial charge is 0.266 e. The largest absolute Gasteiger partial charge is 0.497 e. The Kier molecular flexibility index (Phi) is 7.77. The van der Waals surface area contributed by atoms with Crippen LogP contribution in [-0.2, 0) is 11.2 Å². The summed E-state index contributed by atoms with van der Waals surface area (Å²) in [5.41, 5.74) is 2.71. The number of nitrogens with one attached hydrogen (secondary N) is 1. The molecule has 0 aliphatic heterocycles. The van der Waals surface area contributed by atoms with Crippen molar-refractivity contribution in [3.8, 4) is 17.6 Å². The van der Waals surface area contributed by atoms with Crippen LogP contribution in [-0.4, -0.2) is 20.1 Å². The van der Waals surface area contributed by atoms with E-state index in [1.54, 1.807) is 43.5 Å². The number of benzene rings is 3. The highest BCUT2D eigenvalue weighted by atomic mass is 35.5. The van der Waals surface area contributed by atoms with E-state index in [0.717, 1.165) is 11.1 Å². The van der Waals surface area contributed by atoms with Gasteiger partial charge in [0.05, 0.1) is 14.2 Å². The lowest BCUT2D eigenvalue weighted by Gasteiger charge is -2.13. The number of methoxy groups -OCH3 is 2. The maximum absolute atomic E-state index is 12.6. The molecule has 3 aromatic rings. The van der Waals surface area contributed by atoms with E-state index in [0.29, 0.717) is 39.2 Å². The zero-order chi connectivity index (χ0) is 23.1. The molecule has 32 heavy (non-hydrogen) atoms. The van der Waals surface area contributed by atoms with Crippen LogP contribution < -0.4 is 14.8 Å². The molecule has 0 aliphatic carbocycles. The van der Waals surface area contributed by atoms with E-state index in [4.69, 9.17) is 32.7 Å². The quantitative estimate of drug-likeness (QED) is 0.334. The number of rotatable bonds is 7. The van der Waals surface area contributed by atoms with E-state index >= 15 is 0 Å². The molecule has 162 valence electrons. The lowest BCUT2D eigenvalue weighted by molar-refractivity contribution is -0.112. The molecular formula is C25H20Cl2N2O3. The van der Waals surface area contributed by atoms with Gasteiger partial charge in [0, 0.05) is 27.7 Å². The number of nitriles is 1. The van der Waals surface area contributed by atoms with Gasteiger partial charge >= 0.3 is 0 Å². The lowest BCUT2D eigenvalue weighted by Crippen LogP contribution is -2.13. The van der Waals surface area contributed by atoms with Crippen molar-refractivity contribution in [2.75, 3.05) is 19.5 Å². The van der Waals surface area contributed by atoms with Gasteiger partial charge in [0.2, 0.25) is 0 Å². The number of carbonyl (C=O) groups is 1. The van der Waals surface area contributed by atoms with Crippen LogP contribution in [0.2, 0.25) is 10.0 Å². The minimum absolute atomic E-state index is 0.0715. The number of hydrogen-bond donors (Lipinski definition) is 1. The van der Waals surface area contributed by atoms with Crippen molar-refractivity contribution in [2.24, 2.45) is 0 Å². The van der Waals surface area contributed by atoms with Gasteiger partial charge in [-0.1, -0.05) is 41.4 Å². The molecule has 0 saturated carbocycles. The molecule has 0 bridgehead atoms. The molecule has 0 saturated heterocycles. The highest BCUT2D eigenvalue weighted by molar-refractivity contribution is 6.32. The van der Waals surface area contributed by atoms with Crippen LogP contribution in [0.4, 0.5) is 5.69 Å². The number of anilines is 1. The van der Waals surface area contributed by atoms with E-state index < -0.39 is 5.91 Å². The summed E-state index contributed by atoms with van der Waals surface area (Å²) in [7, 11) is 3.10. The predicted octanol–water partition coefficient (Wildman–Crippen LogP) is 6.15. The topological polar surface area (TPSA) is 71.3 Å². The third-order valence-electron chi connectivity index (χ3n) is 4.75. The highest BCUT2D eigenvalue weighted by Gasteiger charge is 2.15. The lowest BCUT2D eigenvalue weighted by atomic mass is 10.0. The zero-order valence-corrected chi connectivity index (χ0v) is 19.0. The number of hydrogen-bond acceptors (Lipinski definition) is 4. The molecule has 3 aromatic carbocycles. The summed E-state index contributed by atoms with van der Waals surface area (Å²) in [5.74, 6) is 0.669.